The van der Waals surface area contributed by atoms with Gasteiger partial charge in [-0.1, -0.05) is 0 Å². The zero-order valence-electron chi connectivity index (χ0n) is 16.1. The summed E-state index contributed by atoms with van der Waals surface area (Å²) < 4.78 is 35.5. The van der Waals surface area contributed by atoms with Gasteiger partial charge in [-0.25, -0.2) is 9.52 Å². The molecule has 1 aliphatic carbocycles. The van der Waals surface area contributed by atoms with Gasteiger partial charge in [0.25, 0.3) is 0 Å². The molecule has 1 aromatic carbocycles. The molecule has 0 saturated heterocycles. The molecule has 2 aromatic rings. The van der Waals surface area contributed by atoms with Gasteiger partial charge in [-0.2, -0.15) is 13.5 Å². The van der Waals surface area contributed by atoms with E-state index in [0.717, 1.165) is 25.0 Å². The number of nitrogens with one attached hydrogen (secondary N) is 4. The van der Waals surface area contributed by atoms with Crippen LogP contribution in [0.3, 0.4) is 0 Å². The number of nitrogens with zero attached hydrogens (tertiary/aromatic N) is 1. The summed E-state index contributed by atoms with van der Waals surface area (Å²) in [5.74, 6) is 1.07. The topological polar surface area (TPSA) is 134 Å². The fourth-order valence-electron chi connectivity index (χ4n) is 3.54. The van der Waals surface area contributed by atoms with Gasteiger partial charge in [-0.15, -0.1) is 0 Å². The van der Waals surface area contributed by atoms with Gasteiger partial charge in [0, 0.05) is 35.5 Å². The highest BCUT2D eigenvalue weighted by molar-refractivity contribution is 7.88. The van der Waals surface area contributed by atoms with E-state index in [1.54, 1.807) is 18.2 Å². The van der Waals surface area contributed by atoms with E-state index in [1.165, 1.54) is 0 Å². The first kappa shape index (κ1) is 19.4. The van der Waals surface area contributed by atoms with Crippen molar-refractivity contribution in [1.82, 2.24) is 15.5 Å². The third-order valence-corrected chi connectivity index (χ3v) is 5.66. The Balaban J connectivity index is 1.36. The minimum atomic E-state index is -3.76. The molecular formula is C18H23N5O5S. The second-order valence-electron chi connectivity index (χ2n) is 7.52. The van der Waals surface area contributed by atoms with Crippen LogP contribution in [-0.2, 0) is 15.0 Å². The summed E-state index contributed by atoms with van der Waals surface area (Å²) in [5.41, 5.74) is 2.01. The molecule has 4 rings (SSSR count). The smallest absolute Gasteiger partial charge is 0.407 e. The number of fused-ring (bicyclic) bond motifs is 1. The third-order valence-electron chi connectivity index (χ3n) is 4.79. The molecule has 11 heteroatoms. The number of carbonyl (C=O) groups is 1. The number of alkyl carbamates (subject to hydrolysis) is 1. The fourth-order valence-corrected chi connectivity index (χ4v) is 4.39. The Labute approximate surface area is 168 Å². The predicted molar refractivity (Wildman–Crippen MR) is 107 cm³/mol. The van der Waals surface area contributed by atoms with Crippen molar-refractivity contribution in [1.29, 1.82) is 0 Å². The number of H-pyrrole nitrogens is 1. The van der Waals surface area contributed by atoms with E-state index in [0.29, 0.717) is 17.2 Å². The summed E-state index contributed by atoms with van der Waals surface area (Å²) >= 11 is 0. The van der Waals surface area contributed by atoms with Crippen molar-refractivity contribution in [2.75, 3.05) is 10.0 Å². The number of aromatic amines is 1. The lowest BCUT2D eigenvalue weighted by atomic mass is 10.0. The van der Waals surface area contributed by atoms with Crippen molar-refractivity contribution in [3.63, 3.8) is 0 Å². The van der Waals surface area contributed by atoms with Crippen LogP contribution in [0.4, 0.5) is 22.0 Å². The molecule has 1 amide bonds. The quantitative estimate of drug-likeness (QED) is 0.583. The van der Waals surface area contributed by atoms with Crippen LogP contribution in [0.2, 0.25) is 0 Å². The number of rotatable bonds is 5. The summed E-state index contributed by atoms with van der Waals surface area (Å²) in [6.07, 6.45) is 1.96. The van der Waals surface area contributed by atoms with Crippen LogP contribution < -0.4 is 19.5 Å². The highest BCUT2D eigenvalue weighted by Gasteiger charge is 2.30. The number of benzene rings is 1. The number of hydrogen-bond donors (Lipinski definition) is 4. The Morgan fingerprint density at radius 1 is 1.31 bits per heavy atom. The van der Waals surface area contributed by atoms with Crippen molar-refractivity contribution in [2.24, 2.45) is 0 Å². The molecule has 2 aliphatic rings. The van der Waals surface area contributed by atoms with E-state index in [-0.39, 0.29) is 29.9 Å². The van der Waals surface area contributed by atoms with Gasteiger partial charge in [-0.05, 0) is 45.2 Å². The average Bonchev–Trinajstić information content (AvgIpc) is 3.31. The molecule has 29 heavy (non-hydrogen) atoms. The van der Waals surface area contributed by atoms with Gasteiger partial charge in [0.2, 0.25) is 0 Å². The Morgan fingerprint density at radius 2 is 2.14 bits per heavy atom. The Kier molecular flexibility index (Phi) is 4.99. The number of aromatic nitrogens is 2. The molecule has 0 radical (unpaired) electrons. The minimum Gasteiger partial charge on any atom is -0.446 e. The molecule has 156 valence electrons. The van der Waals surface area contributed by atoms with Crippen LogP contribution in [0.5, 0.6) is 5.75 Å². The predicted octanol–water partition coefficient (Wildman–Crippen LogP) is 2.97. The van der Waals surface area contributed by atoms with Crippen molar-refractivity contribution < 1.29 is 22.1 Å². The second kappa shape index (κ2) is 7.47. The van der Waals surface area contributed by atoms with Crippen LogP contribution >= 0.6 is 0 Å². The molecule has 4 N–H and O–H groups in total. The minimum absolute atomic E-state index is 0.0430. The van der Waals surface area contributed by atoms with Crippen molar-refractivity contribution in [3.8, 4) is 5.75 Å². The number of carbonyl (C=O) groups excluding carboxylic acids is 1. The van der Waals surface area contributed by atoms with Crippen molar-refractivity contribution >= 4 is 33.6 Å². The lowest BCUT2D eigenvalue weighted by Gasteiger charge is -2.14. The highest BCUT2D eigenvalue weighted by Crippen LogP contribution is 2.37. The normalized spacial score (nSPS) is 21.9. The summed E-state index contributed by atoms with van der Waals surface area (Å²) in [6, 6.07) is 6.90. The van der Waals surface area contributed by atoms with Gasteiger partial charge < -0.3 is 19.6 Å². The van der Waals surface area contributed by atoms with E-state index in [4.69, 9.17) is 8.92 Å². The first-order valence-electron chi connectivity index (χ1n) is 9.43. The van der Waals surface area contributed by atoms with Crippen LogP contribution in [0.25, 0.3) is 0 Å². The zero-order valence-corrected chi connectivity index (χ0v) is 16.9. The fraction of sp³-hybridized carbons (Fsp3) is 0.444. The SMILES string of the molecule is CC(C)NC(=O)O[C@@H]1CC[C@H](c2cc(Nc3ccc4c(c3)OS(=O)(=O)N4)n[nH]2)C1. The van der Waals surface area contributed by atoms with E-state index in [9.17, 15) is 13.2 Å². The third kappa shape index (κ3) is 4.56. The maximum atomic E-state index is 11.8. The molecule has 1 aromatic heterocycles. The van der Waals surface area contributed by atoms with Crippen LogP contribution in [0.15, 0.2) is 24.3 Å². The molecule has 1 fully saturated rings. The van der Waals surface area contributed by atoms with Crippen LogP contribution in [0.1, 0.15) is 44.7 Å². The Hall–Kier alpha value is -2.95. The molecule has 2 heterocycles. The molecule has 0 bridgehead atoms. The van der Waals surface area contributed by atoms with Gasteiger partial charge in [0.05, 0.1) is 5.69 Å². The molecule has 0 unspecified atom stereocenters. The van der Waals surface area contributed by atoms with Crippen LogP contribution in [0, 0.1) is 0 Å². The summed E-state index contributed by atoms with van der Waals surface area (Å²) in [4.78, 5) is 11.8. The van der Waals surface area contributed by atoms with Crippen molar-refractivity contribution in [3.05, 3.63) is 30.0 Å². The van der Waals surface area contributed by atoms with Gasteiger partial charge in [0.15, 0.2) is 11.6 Å². The highest BCUT2D eigenvalue weighted by atomic mass is 32.2. The Bertz CT molecular complexity index is 1020. The molecule has 1 saturated carbocycles. The first-order chi connectivity index (χ1) is 13.8. The standard InChI is InChI=1S/C18H23N5O5S/c1-10(2)19-18(24)27-13-5-3-11(7-13)15-9-17(22-21-15)20-12-4-6-14-16(8-12)28-29(25,26)23-14/h4,6,8-11,13,23H,3,5,7H2,1-2H3,(H,19,24)(H2,20,21,22)/t11-,13+/m0/s1. The summed E-state index contributed by atoms with van der Waals surface area (Å²) in [7, 11) is -3.76. The number of ether oxygens (including phenoxy) is 1. The summed E-state index contributed by atoms with van der Waals surface area (Å²) in [6.45, 7) is 3.78. The zero-order chi connectivity index (χ0) is 20.6. The molecular weight excluding hydrogens is 398 g/mol. The average molecular weight is 421 g/mol. The number of hydrogen-bond acceptors (Lipinski definition) is 7. The van der Waals surface area contributed by atoms with Gasteiger partial charge >= 0.3 is 16.4 Å². The maximum Gasteiger partial charge on any atom is 0.407 e. The first-order valence-corrected chi connectivity index (χ1v) is 10.8. The number of amides is 1. The van der Waals surface area contributed by atoms with Crippen molar-refractivity contribution in [2.45, 2.75) is 51.2 Å². The molecule has 0 spiro atoms. The van der Waals surface area contributed by atoms with Crippen LogP contribution in [-0.4, -0.2) is 36.9 Å². The summed E-state index contributed by atoms with van der Waals surface area (Å²) in [5, 5.41) is 13.2. The monoisotopic (exact) mass is 421 g/mol. The lowest BCUT2D eigenvalue weighted by Crippen LogP contribution is -2.33. The van der Waals surface area contributed by atoms with E-state index in [1.807, 2.05) is 19.9 Å². The lowest BCUT2D eigenvalue weighted by molar-refractivity contribution is 0.0981. The van der Waals surface area contributed by atoms with E-state index < -0.39 is 10.3 Å². The molecule has 10 nitrogen and oxygen atoms in total. The van der Waals surface area contributed by atoms with Gasteiger partial charge in [0.1, 0.15) is 6.10 Å². The second-order valence-corrected chi connectivity index (χ2v) is 8.80. The Morgan fingerprint density at radius 3 is 2.93 bits per heavy atom. The molecule has 2 atom stereocenters. The largest absolute Gasteiger partial charge is 0.446 e. The van der Waals surface area contributed by atoms with E-state index in [2.05, 4.69) is 25.6 Å². The maximum absolute atomic E-state index is 11.8. The molecule has 1 aliphatic heterocycles. The van der Waals surface area contributed by atoms with E-state index >= 15 is 0 Å². The number of anilines is 3. The van der Waals surface area contributed by atoms with Gasteiger partial charge in [-0.3, -0.25) is 5.10 Å².